The van der Waals surface area contributed by atoms with Crippen LogP contribution in [0.5, 0.6) is 0 Å². The van der Waals surface area contributed by atoms with E-state index in [2.05, 4.69) is 12.6 Å². The van der Waals surface area contributed by atoms with Gasteiger partial charge in [0.15, 0.2) is 0 Å². The summed E-state index contributed by atoms with van der Waals surface area (Å²) in [6.45, 7) is 0. The van der Waals surface area contributed by atoms with Crippen LogP contribution in [-0.4, -0.2) is 28.2 Å². The molecule has 4 heteroatoms. The molecule has 1 aromatic rings. The van der Waals surface area contributed by atoms with Crippen LogP contribution in [0.3, 0.4) is 0 Å². The van der Waals surface area contributed by atoms with E-state index < -0.39 is 8.56 Å². The standard InChI is InChI=1S/C9H14O2SSi/c1-10-13(8-12,11-2)9-6-4-3-5-7-9/h3-7,12H,8H2,1-2H3. The summed E-state index contributed by atoms with van der Waals surface area (Å²) in [7, 11) is 1.13. The molecule has 0 bridgehead atoms. The molecule has 0 saturated heterocycles. The van der Waals surface area contributed by atoms with Gasteiger partial charge < -0.3 is 8.85 Å². The molecular formula is C9H14O2SSi. The van der Waals surface area contributed by atoms with Crippen LogP contribution in [0.25, 0.3) is 0 Å². The molecule has 0 atom stereocenters. The first kappa shape index (κ1) is 10.8. The number of rotatable bonds is 4. The molecule has 0 radical (unpaired) electrons. The second-order valence-electron chi connectivity index (χ2n) is 2.69. The van der Waals surface area contributed by atoms with E-state index in [-0.39, 0.29) is 0 Å². The molecule has 72 valence electrons. The highest BCUT2D eigenvalue weighted by atomic mass is 32.1. The van der Waals surface area contributed by atoms with Crippen LogP contribution < -0.4 is 5.19 Å². The Kier molecular flexibility index (Phi) is 3.99. The van der Waals surface area contributed by atoms with Crippen molar-refractivity contribution in [3.63, 3.8) is 0 Å². The van der Waals surface area contributed by atoms with Crippen molar-refractivity contribution in [2.75, 3.05) is 19.6 Å². The van der Waals surface area contributed by atoms with Crippen LogP contribution in [0.4, 0.5) is 0 Å². The van der Waals surface area contributed by atoms with Gasteiger partial charge in [-0.1, -0.05) is 30.3 Å². The van der Waals surface area contributed by atoms with Crippen molar-refractivity contribution in [1.29, 1.82) is 0 Å². The van der Waals surface area contributed by atoms with E-state index >= 15 is 0 Å². The SMILES string of the molecule is CO[Si](CS)(OC)c1ccccc1. The highest BCUT2D eigenvalue weighted by Crippen LogP contribution is 2.07. The van der Waals surface area contributed by atoms with Crippen LogP contribution in [0, 0.1) is 0 Å². The molecule has 13 heavy (non-hydrogen) atoms. The minimum absolute atomic E-state index is 0.629. The smallest absolute Gasteiger partial charge is 0.381 e. The quantitative estimate of drug-likeness (QED) is 0.597. The first-order valence-corrected chi connectivity index (χ1v) is 6.71. The van der Waals surface area contributed by atoms with Crippen molar-refractivity contribution >= 4 is 26.4 Å². The zero-order valence-corrected chi connectivity index (χ0v) is 9.75. The zero-order valence-electron chi connectivity index (χ0n) is 7.86. The second-order valence-corrected chi connectivity index (χ2v) is 6.85. The summed E-state index contributed by atoms with van der Waals surface area (Å²) in [5, 5.41) is 1.75. The van der Waals surface area contributed by atoms with Crippen molar-refractivity contribution < 1.29 is 8.85 Å². The number of benzene rings is 1. The molecule has 0 unspecified atom stereocenters. The van der Waals surface area contributed by atoms with E-state index in [4.69, 9.17) is 8.85 Å². The highest BCUT2D eigenvalue weighted by Gasteiger charge is 2.36. The minimum atomic E-state index is -2.23. The molecule has 0 aromatic heterocycles. The fourth-order valence-electron chi connectivity index (χ4n) is 1.23. The first-order chi connectivity index (χ1) is 6.29. The Hall–Kier alpha value is -0.293. The third-order valence-electron chi connectivity index (χ3n) is 2.08. The van der Waals surface area contributed by atoms with Gasteiger partial charge in [0, 0.05) is 19.6 Å². The third kappa shape index (κ3) is 2.14. The van der Waals surface area contributed by atoms with Crippen molar-refractivity contribution in [1.82, 2.24) is 0 Å². The van der Waals surface area contributed by atoms with Crippen LogP contribution in [-0.2, 0) is 8.85 Å². The van der Waals surface area contributed by atoms with Gasteiger partial charge in [0.05, 0.1) is 0 Å². The van der Waals surface area contributed by atoms with Crippen LogP contribution in [0.1, 0.15) is 0 Å². The van der Waals surface area contributed by atoms with E-state index in [1.165, 1.54) is 0 Å². The van der Waals surface area contributed by atoms with Crippen molar-refractivity contribution in [3.05, 3.63) is 30.3 Å². The lowest BCUT2D eigenvalue weighted by molar-refractivity contribution is 0.264. The molecule has 0 fully saturated rings. The Morgan fingerprint density at radius 2 is 1.69 bits per heavy atom. The summed E-state index contributed by atoms with van der Waals surface area (Å²) in [4.78, 5) is 0. The van der Waals surface area contributed by atoms with Gasteiger partial charge in [-0.25, -0.2) is 0 Å². The molecule has 0 aliphatic heterocycles. The van der Waals surface area contributed by atoms with Crippen LogP contribution >= 0.6 is 12.6 Å². The van der Waals surface area contributed by atoms with Gasteiger partial charge >= 0.3 is 8.56 Å². The zero-order chi connectivity index (χ0) is 9.73. The van der Waals surface area contributed by atoms with Gasteiger partial charge in [-0.05, 0) is 5.19 Å². The van der Waals surface area contributed by atoms with E-state index in [0.29, 0.717) is 5.38 Å². The maximum Gasteiger partial charge on any atom is 0.381 e. The second kappa shape index (κ2) is 4.81. The molecule has 0 amide bonds. The largest absolute Gasteiger partial charge is 0.394 e. The van der Waals surface area contributed by atoms with Crippen molar-refractivity contribution in [3.8, 4) is 0 Å². The molecule has 0 N–H and O–H groups in total. The van der Waals surface area contributed by atoms with Gasteiger partial charge in [-0.15, -0.1) is 0 Å². The lowest BCUT2D eigenvalue weighted by Gasteiger charge is -2.25. The monoisotopic (exact) mass is 214 g/mol. The third-order valence-corrected chi connectivity index (χ3v) is 6.28. The molecular weight excluding hydrogens is 200 g/mol. The van der Waals surface area contributed by atoms with Gasteiger partial charge in [-0.2, -0.15) is 12.6 Å². The normalized spacial score (nSPS) is 11.6. The number of hydrogen-bond acceptors (Lipinski definition) is 3. The molecule has 1 aromatic carbocycles. The van der Waals surface area contributed by atoms with Crippen molar-refractivity contribution in [2.24, 2.45) is 0 Å². The molecule has 0 spiro atoms. The molecule has 1 rings (SSSR count). The van der Waals surface area contributed by atoms with E-state index in [0.717, 1.165) is 5.19 Å². The maximum absolute atomic E-state index is 5.46. The van der Waals surface area contributed by atoms with Crippen molar-refractivity contribution in [2.45, 2.75) is 0 Å². The summed E-state index contributed by atoms with van der Waals surface area (Å²) < 4.78 is 10.9. The minimum Gasteiger partial charge on any atom is -0.394 e. The fraction of sp³-hybridized carbons (Fsp3) is 0.333. The number of thiol groups is 1. The Morgan fingerprint density at radius 1 is 1.15 bits per heavy atom. The van der Waals surface area contributed by atoms with Crippen LogP contribution in [0.2, 0.25) is 0 Å². The Labute approximate surface area is 85.5 Å². The summed E-state index contributed by atoms with van der Waals surface area (Å²) in [5.74, 6) is 0. The Morgan fingerprint density at radius 3 is 2.08 bits per heavy atom. The molecule has 0 aliphatic rings. The average molecular weight is 214 g/mol. The first-order valence-electron chi connectivity index (χ1n) is 4.06. The Balaban J connectivity index is 3.01. The van der Waals surface area contributed by atoms with Crippen LogP contribution in [0.15, 0.2) is 30.3 Å². The van der Waals surface area contributed by atoms with E-state index in [1.54, 1.807) is 14.2 Å². The van der Waals surface area contributed by atoms with Gasteiger partial charge in [-0.3, -0.25) is 0 Å². The number of hydrogen-bond donors (Lipinski definition) is 1. The summed E-state index contributed by atoms with van der Waals surface area (Å²) >= 11 is 4.28. The van der Waals surface area contributed by atoms with Gasteiger partial charge in [0.1, 0.15) is 0 Å². The van der Waals surface area contributed by atoms with E-state index in [9.17, 15) is 0 Å². The fourth-order valence-corrected chi connectivity index (χ4v) is 4.33. The summed E-state index contributed by atoms with van der Waals surface area (Å²) in [5.41, 5.74) is 0. The molecule has 0 aliphatic carbocycles. The molecule has 0 heterocycles. The lowest BCUT2D eigenvalue weighted by atomic mass is 10.4. The highest BCUT2D eigenvalue weighted by molar-refractivity contribution is 7.82. The average Bonchev–Trinajstić information content (AvgIpc) is 2.23. The topological polar surface area (TPSA) is 18.5 Å². The van der Waals surface area contributed by atoms with Gasteiger partial charge in [0.2, 0.25) is 0 Å². The summed E-state index contributed by atoms with van der Waals surface area (Å²) in [6, 6.07) is 9.99. The molecule has 2 nitrogen and oxygen atoms in total. The summed E-state index contributed by atoms with van der Waals surface area (Å²) in [6.07, 6.45) is 0. The Bertz CT molecular complexity index is 241. The van der Waals surface area contributed by atoms with E-state index in [1.807, 2.05) is 30.3 Å². The predicted molar refractivity (Wildman–Crippen MR) is 59.7 cm³/mol. The predicted octanol–water partition coefficient (Wildman–Crippen LogP) is 1.10. The van der Waals surface area contributed by atoms with Gasteiger partial charge in [0.25, 0.3) is 0 Å². The lowest BCUT2D eigenvalue weighted by Crippen LogP contribution is -2.54. The maximum atomic E-state index is 5.46. The molecule has 0 saturated carbocycles.